The molecule has 1 aliphatic carbocycles. The van der Waals surface area contributed by atoms with Crippen LogP contribution in [0.2, 0.25) is 6.55 Å². The molecule has 0 atom stereocenters. The van der Waals surface area contributed by atoms with Crippen LogP contribution in [0, 0.1) is 30.5 Å². The summed E-state index contributed by atoms with van der Waals surface area (Å²) in [4.78, 5) is 14.4. The van der Waals surface area contributed by atoms with Crippen LogP contribution in [0.15, 0.2) is 243 Å². The van der Waals surface area contributed by atoms with E-state index in [1.807, 2.05) is 125 Å². The fourth-order valence-electron chi connectivity index (χ4n) is 12.4. The number of non-ortho nitro benzene ring substituents is 1. The third-order valence-electron chi connectivity index (χ3n) is 17.3. The predicted octanol–water partition coefficient (Wildman–Crippen LogP) is 15.0. The van der Waals surface area contributed by atoms with Crippen molar-refractivity contribution in [2.45, 2.75) is 58.5 Å². The van der Waals surface area contributed by atoms with E-state index >= 15 is 0 Å². The molecule has 1 saturated carbocycles. The second-order valence-corrected chi connectivity index (χ2v) is 27.2. The minimum Gasteiger partial charge on any atom is -0.435 e. The van der Waals surface area contributed by atoms with Crippen LogP contribution in [0.4, 0.5) is 28.4 Å². The van der Waals surface area contributed by atoms with Crippen LogP contribution >= 0.6 is 0 Å². The van der Waals surface area contributed by atoms with Gasteiger partial charge in [0.25, 0.3) is 32.6 Å². The number of ether oxygens (including phenoxy) is 4. The summed E-state index contributed by atoms with van der Waals surface area (Å²) in [7, 11) is -2.22. The summed E-state index contributed by atoms with van der Waals surface area (Å²) in [5.41, 5.74) is 11.9. The molecule has 0 spiro atoms. The van der Waals surface area contributed by atoms with Gasteiger partial charge in [0.1, 0.15) is 31.1 Å². The number of nitrogens with zero attached hydrogens (tertiary/aromatic N) is 6. The number of para-hydroxylation sites is 5. The van der Waals surface area contributed by atoms with Gasteiger partial charge in [0.15, 0.2) is 42.3 Å². The molecule has 0 unspecified atom stereocenters. The Bertz CT molecular complexity index is 4370. The number of benzene rings is 10. The topological polar surface area (TPSA) is 96.5 Å². The molecule has 10 aromatic carbocycles. The number of hydrogen-bond acceptors (Lipinski definition) is 6. The van der Waals surface area contributed by atoms with Gasteiger partial charge in [-0.2, -0.15) is 18.3 Å². The average molecular weight is 1220 g/mol. The summed E-state index contributed by atoms with van der Waals surface area (Å²) < 4.78 is 32.6. The lowest BCUT2D eigenvalue weighted by Crippen LogP contribution is -2.65. The van der Waals surface area contributed by atoms with Crippen LogP contribution in [0.5, 0.6) is 23.0 Å². The van der Waals surface area contributed by atoms with Crippen molar-refractivity contribution in [3.05, 3.63) is 298 Å². The maximum Gasteiger partial charge on any atom is 0.292 e. The van der Waals surface area contributed by atoms with Crippen LogP contribution in [0.3, 0.4) is 0 Å². The molecule has 0 radical (unpaired) electrons. The quantitative estimate of drug-likeness (QED) is 0.0357. The Hall–Kier alpha value is -10.8. The summed E-state index contributed by atoms with van der Waals surface area (Å²) in [5.74, 6) is 3.70. The normalized spacial score (nSPS) is 14.4. The molecule has 10 aromatic rings. The molecule has 0 bridgehead atoms. The number of nitro groups is 1. The Kier molecular flexibility index (Phi) is 18.7. The summed E-state index contributed by atoms with van der Waals surface area (Å²) in [6.07, 6.45) is 15.3. The van der Waals surface area contributed by atoms with Crippen molar-refractivity contribution >= 4 is 76.9 Å². The third kappa shape index (κ3) is 13.8. The zero-order valence-electron chi connectivity index (χ0n) is 51.5. The maximum atomic E-state index is 11.4. The van der Waals surface area contributed by atoms with Crippen LogP contribution in [-0.4, -0.2) is 89.1 Å². The molecule has 4 heterocycles. The second kappa shape index (κ2) is 28.1. The van der Waals surface area contributed by atoms with E-state index in [2.05, 4.69) is 167 Å². The van der Waals surface area contributed by atoms with E-state index in [1.54, 1.807) is 18.2 Å². The zero-order valence-corrected chi connectivity index (χ0v) is 52.5. The fourth-order valence-corrected chi connectivity index (χ4v) is 16.2. The molecule has 0 aromatic heterocycles. The Morgan fingerprint density at radius 3 is 1.47 bits per heavy atom. The first-order chi connectivity index (χ1) is 44.6. The Balaban J connectivity index is 0.000000120. The summed E-state index contributed by atoms with van der Waals surface area (Å²) in [5, 5.41) is 15.5. The number of fused-ring (bicyclic) bond motifs is 4. The molecule has 0 saturated heterocycles. The van der Waals surface area contributed by atoms with Crippen molar-refractivity contribution in [1.82, 2.24) is 0 Å². The van der Waals surface area contributed by atoms with E-state index < -0.39 is 8.07 Å². The van der Waals surface area contributed by atoms with Crippen molar-refractivity contribution in [1.29, 1.82) is 0 Å². The molecule has 4 aliphatic heterocycles. The largest absolute Gasteiger partial charge is 0.435 e. The molecule has 0 N–H and O–H groups in total. The van der Waals surface area contributed by atoms with E-state index in [-0.39, 0.29) is 10.6 Å². The van der Waals surface area contributed by atoms with Gasteiger partial charge in [-0.05, 0) is 77.1 Å². The molecule has 13 heteroatoms. The Morgan fingerprint density at radius 2 is 0.912 bits per heavy atom. The predicted molar refractivity (Wildman–Crippen MR) is 366 cm³/mol. The first-order valence-corrected chi connectivity index (χ1v) is 33.5. The highest BCUT2D eigenvalue weighted by atomic mass is 28.3. The van der Waals surface area contributed by atoms with Gasteiger partial charge in [0.2, 0.25) is 11.4 Å². The lowest BCUT2D eigenvalue weighted by molar-refractivity contribution is -0.594. The van der Waals surface area contributed by atoms with Gasteiger partial charge < -0.3 is 18.9 Å². The highest BCUT2D eigenvalue weighted by molar-refractivity contribution is 7.11. The highest BCUT2D eigenvalue weighted by Crippen LogP contribution is 2.39. The van der Waals surface area contributed by atoms with Gasteiger partial charge in [-0.15, -0.1) is 0 Å². The van der Waals surface area contributed by atoms with Gasteiger partial charge in [-0.1, -0.05) is 189 Å². The van der Waals surface area contributed by atoms with E-state index in [4.69, 9.17) is 25.5 Å². The molecular formula is C78H72N6O6Si+4. The van der Waals surface area contributed by atoms with Crippen LogP contribution in [-0.2, 0) is 0 Å². The number of nitro benzene ring substituents is 1. The molecule has 15 rings (SSSR count). The van der Waals surface area contributed by atoms with Crippen molar-refractivity contribution < 1.29 is 42.2 Å². The average Bonchev–Trinajstić information content (AvgIpc) is 0.817. The van der Waals surface area contributed by atoms with Crippen LogP contribution < -0.4 is 34.5 Å². The molecule has 91 heavy (non-hydrogen) atoms. The number of rotatable bonds is 9. The SMILES string of the molecule is C[Si](c1ccccc1)(c1ccccc1)c1cccc2c1OC[N+](c1ccccc1)=C2.Cc1cccc2c1OC[N+](C1CCCCC1)=C2.O=[N+]([O-])c1cc2c(c(-c3ccccc3)c1)OC[N+](c1ccccc1)=C2.[C-]#[N+]c1cccc([N+]2=Cc3cccc(C)c3OC2)c1. The monoisotopic (exact) mass is 1220 g/mol. The number of aryl methyl sites for hydroxylation is 2. The van der Waals surface area contributed by atoms with Crippen molar-refractivity contribution in [2.75, 3.05) is 26.9 Å². The van der Waals surface area contributed by atoms with E-state index in [0.29, 0.717) is 43.2 Å². The number of hydrogen-bond donors (Lipinski definition) is 0. The van der Waals surface area contributed by atoms with Gasteiger partial charge >= 0.3 is 0 Å². The van der Waals surface area contributed by atoms with Crippen LogP contribution in [0.25, 0.3) is 16.0 Å². The molecule has 1 fully saturated rings. The van der Waals surface area contributed by atoms with Gasteiger partial charge in [0, 0.05) is 66.9 Å². The van der Waals surface area contributed by atoms with Gasteiger partial charge in [-0.3, -0.25) is 10.1 Å². The summed E-state index contributed by atoms with van der Waals surface area (Å²) in [6, 6.07) is 82.0. The Morgan fingerprint density at radius 1 is 0.462 bits per heavy atom. The standard InChI is InChI=1S/C27H24NOSi.C20H15N2O3.C16H13N2O.C15H20NO/c1-30(24-15-7-3-8-16-24,25-17-9-4-10-18-25)26-19-11-12-22-20-28(21-29-27(22)26)23-13-5-2-6-14-23;23-22(24)18-11-16-13-21(17-9-5-2-6-10-17)14-25-20(16)19(12-18)15-7-3-1-4-8-15;1-12-5-3-6-13-10-18(11-19-16(12)13)15-8-4-7-14(9-15)17-2;1-12-6-5-7-13-10-16(11-17-15(12)13)14-8-3-2-4-9-14/h2-20H,21H2,1H3;1-13H,14H2;3-10H,11H2,1H3;5-7,10,14H,2-4,8-9,11H2,1H3/q4*+1. The fraction of sp³-hybridized carbons (Fsp3) is 0.167. The second-order valence-electron chi connectivity index (χ2n) is 23.2. The van der Waals surface area contributed by atoms with Gasteiger partial charge in [0.05, 0.1) is 33.7 Å². The van der Waals surface area contributed by atoms with Crippen molar-refractivity contribution in [3.63, 3.8) is 0 Å². The van der Waals surface area contributed by atoms with Gasteiger partial charge in [-0.25, -0.2) is 4.85 Å². The minimum atomic E-state index is -2.22. The van der Waals surface area contributed by atoms with E-state index in [9.17, 15) is 10.1 Å². The highest BCUT2D eigenvalue weighted by Gasteiger charge is 2.39. The lowest BCUT2D eigenvalue weighted by atomic mass is 9.95. The van der Waals surface area contributed by atoms with Crippen LogP contribution in [0.1, 0.15) is 65.5 Å². The molecule has 12 nitrogen and oxygen atoms in total. The molecular weight excluding hydrogens is 1140 g/mol. The molecule has 5 aliphatic rings. The Labute approximate surface area is 533 Å². The smallest absolute Gasteiger partial charge is 0.292 e. The first kappa shape index (κ1) is 60.5. The van der Waals surface area contributed by atoms with Crippen molar-refractivity contribution in [3.8, 4) is 34.1 Å². The van der Waals surface area contributed by atoms with Crippen molar-refractivity contribution in [2.24, 2.45) is 0 Å². The summed E-state index contributed by atoms with van der Waals surface area (Å²) >= 11 is 0. The minimum absolute atomic E-state index is 0.0485. The molecule has 450 valence electrons. The lowest BCUT2D eigenvalue weighted by Gasteiger charge is -2.32. The zero-order chi connectivity index (χ0) is 62.5. The first-order valence-electron chi connectivity index (χ1n) is 31.0. The van der Waals surface area contributed by atoms with E-state index in [1.165, 1.54) is 58.8 Å². The maximum absolute atomic E-state index is 11.4. The summed E-state index contributed by atoms with van der Waals surface area (Å²) in [6.45, 7) is 15.7. The third-order valence-corrected chi connectivity index (χ3v) is 21.7. The van der Waals surface area contributed by atoms with E-state index in [0.717, 1.165) is 68.9 Å². The molecule has 0 amide bonds.